The minimum absolute atomic E-state index is 0.113. The number of rotatable bonds is 4. The van der Waals surface area contributed by atoms with E-state index in [0.29, 0.717) is 19.3 Å². The third-order valence-electron chi connectivity index (χ3n) is 3.83. The Morgan fingerprint density at radius 2 is 1.74 bits per heavy atom. The molecule has 2 rings (SSSR count). The third-order valence-corrected chi connectivity index (χ3v) is 3.83. The molecule has 0 spiro atoms. The molecular weight excluding hydrogens is 246 g/mol. The first kappa shape index (κ1) is 13.8. The van der Waals surface area contributed by atoms with Gasteiger partial charge < -0.3 is 5.11 Å². The molecule has 0 bridgehead atoms. The fourth-order valence-electron chi connectivity index (χ4n) is 2.90. The van der Waals surface area contributed by atoms with Gasteiger partial charge in [-0.1, -0.05) is 26.0 Å². The van der Waals surface area contributed by atoms with Crippen LogP contribution in [0.25, 0.3) is 0 Å². The maximum Gasteiger partial charge on any atom is 0.326 e. The van der Waals surface area contributed by atoms with Gasteiger partial charge in [-0.3, -0.25) is 14.5 Å². The molecule has 0 unspecified atom stereocenters. The number of hydrogen-bond acceptors (Lipinski definition) is 3. The summed E-state index contributed by atoms with van der Waals surface area (Å²) in [5, 5.41) is 9.29. The van der Waals surface area contributed by atoms with Crippen LogP contribution in [-0.2, 0) is 14.4 Å². The SMILES string of the molecule is CC(C)C[C@@H](C(=O)O)N1C(=O)[C@H]2CC=CC[C@@H]2C1=O. The largest absolute Gasteiger partial charge is 0.480 e. The second-order valence-electron chi connectivity index (χ2n) is 5.69. The van der Waals surface area contributed by atoms with Gasteiger partial charge in [-0.25, -0.2) is 4.79 Å². The van der Waals surface area contributed by atoms with Gasteiger partial charge in [-0.05, 0) is 25.2 Å². The Morgan fingerprint density at radius 3 is 2.11 bits per heavy atom. The Balaban J connectivity index is 2.26. The molecule has 3 atom stereocenters. The average Bonchev–Trinajstić information content (AvgIpc) is 2.60. The lowest BCUT2D eigenvalue weighted by Crippen LogP contribution is -2.46. The Labute approximate surface area is 112 Å². The van der Waals surface area contributed by atoms with Gasteiger partial charge >= 0.3 is 5.97 Å². The molecule has 1 heterocycles. The maximum atomic E-state index is 12.3. The molecule has 5 heteroatoms. The van der Waals surface area contributed by atoms with E-state index in [1.165, 1.54) is 0 Å². The van der Waals surface area contributed by atoms with Crippen LogP contribution >= 0.6 is 0 Å². The lowest BCUT2D eigenvalue weighted by atomic mass is 9.85. The van der Waals surface area contributed by atoms with E-state index in [4.69, 9.17) is 0 Å². The first-order valence-electron chi connectivity index (χ1n) is 6.68. The van der Waals surface area contributed by atoms with Gasteiger partial charge in [-0.15, -0.1) is 0 Å². The molecule has 0 saturated carbocycles. The number of allylic oxidation sites excluding steroid dienone is 2. The molecule has 0 radical (unpaired) electrons. The second kappa shape index (κ2) is 5.15. The molecule has 1 saturated heterocycles. The minimum atomic E-state index is -1.10. The molecule has 1 aliphatic carbocycles. The van der Waals surface area contributed by atoms with Gasteiger partial charge in [-0.2, -0.15) is 0 Å². The van der Waals surface area contributed by atoms with Crippen molar-refractivity contribution < 1.29 is 19.5 Å². The number of likely N-dealkylation sites (tertiary alicyclic amines) is 1. The highest BCUT2D eigenvalue weighted by atomic mass is 16.4. The van der Waals surface area contributed by atoms with E-state index in [0.717, 1.165) is 4.90 Å². The van der Waals surface area contributed by atoms with Crippen molar-refractivity contribution >= 4 is 17.8 Å². The lowest BCUT2D eigenvalue weighted by molar-refractivity contribution is -0.155. The van der Waals surface area contributed by atoms with Crippen LogP contribution in [0.5, 0.6) is 0 Å². The molecule has 1 fully saturated rings. The fraction of sp³-hybridized carbons (Fsp3) is 0.643. The van der Waals surface area contributed by atoms with Crippen LogP contribution in [-0.4, -0.2) is 33.8 Å². The Kier molecular flexibility index (Phi) is 3.73. The van der Waals surface area contributed by atoms with E-state index in [9.17, 15) is 19.5 Å². The second-order valence-corrected chi connectivity index (χ2v) is 5.69. The van der Waals surface area contributed by atoms with Gasteiger partial charge in [0.15, 0.2) is 0 Å². The quantitative estimate of drug-likeness (QED) is 0.616. The molecule has 5 nitrogen and oxygen atoms in total. The number of carboxylic acid groups (broad SMARTS) is 1. The van der Waals surface area contributed by atoms with Crippen molar-refractivity contribution in [3.63, 3.8) is 0 Å². The smallest absolute Gasteiger partial charge is 0.326 e. The van der Waals surface area contributed by atoms with Crippen LogP contribution in [0, 0.1) is 17.8 Å². The zero-order valence-corrected chi connectivity index (χ0v) is 11.2. The molecule has 2 amide bonds. The molecule has 104 valence electrons. The van der Waals surface area contributed by atoms with Gasteiger partial charge in [0.05, 0.1) is 11.8 Å². The Bertz CT molecular complexity index is 415. The molecule has 0 aromatic carbocycles. The number of nitrogens with zero attached hydrogens (tertiary/aromatic N) is 1. The summed E-state index contributed by atoms with van der Waals surface area (Å²) in [4.78, 5) is 36.9. The van der Waals surface area contributed by atoms with Crippen LogP contribution in [0.1, 0.15) is 33.1 Å². The Hall–Kier alpha value is -1.65. The van der Waals surface area contributed by atoms with Gasteiger partial charge in [0.2, 0.25) is 11.8 Å². The highest BCUT2D eigenvalue weighted by Crippen LogP contribution is 2.36. The molecule has 1 aliphatic heterocycles. The number of hydrogen-bond donors (Lipinski definition) is 1. The van der Waals surface area contributed by atoms with Crippen molar-refractivity contribution in [3.05, 3.63) is 12.2 Å². The van der Waals surface area contributed by atoms with Crippen LogP contribution < -0.4 is 0 Å². The molecule has 0 aromatic rings. The number of imide groups is 1. The standard InChI is InChI=1S/C14H19NO4/c1-8(2)7-11(14(18)19)15-12(16)9-5-3-4-6-10(9)13(15)17/h3-4,8-11H,5-7H2,1-2H3,(H,18,19)/t9-,10-,11-/m0/s1. The number of carboxylic acids is 1. The summed E-state index contributed by atoms with van der Waals surface area (Å²) >= 11 is 0. The predicted molar refractivity (Wildman–Crippen MR) is 68.1 cm³/mol. The summed E-state index contributed by atoms with van der Waals surface area (Å²) < 4.78 is 0. The normalized spacial score (nSPS) is 27.8. The summed E-state index contributed by atoms with van der Waals surface area (Å²) in [6.45, 7) is 3.77. The molecule has 1 N–H and O–H groups in total. The number of aliphatic carboxylic acids is 1. The van der Waals surface area contributed by atoms with E-state index in [1.807, 2.05) is 26.0 Å². The predicted octanol–water partition coefficient (Wildman–Crippen LogP) is 1.44. The van der Waals surface area contributed by atoms with Crippen LogP contribution in [0.4, 0.5) is 0 Å². The van der Waals surface area contributed by atoms with Gasteiger partial charge in [0, 0.05) is 0 Å². The summed E-state index contributed by atoms with van der Waals surface area (Å²) in [6.07, 6.45) is 5.18. The summed E-state index contributed by atoms with van der Waals surface area (Å²) in [7, 11) is 0. The number of carbonyl (C=O) groups is 3. The van der Waals surface area contributed by atoms with Crippen molar-refractivity contribution in [2.75, 3.05) is 0 Å². The van der Waals surface area contributed by atoms with E-state index in [-0.39, 0.29) is 29.6 Å². The van der Waals surface area contributed by atoms with Crippen LogP contribution in [0.2, 0.25) is 0 Å². The van der Waals surface area contributed by atoms with Gasteiger partial charge in [0.1, 0.15) is 6.04 Å². The number of amides is 2. The number of carbonyl (C=O) groups excluding carboxylic acids is 2. The fourth-order valence-corrected chi connectivity index (χ4v) is 2.90. The van der Waals surface area contributed by atoms with Crippen LogP contribution in [0.15, 0.2) is 12.2 Å². The zero-order valence-electron chi connectivity index (χ0n) is 11.2. The van der Waals surface area contributed by atoms with E-state index >= 15 is 0 Å². The van der Waals surface area contributed by atoms with Crippen molar-refractivity contribution in [3.8, 4) is 0 Å². The zero-order chi connectivity index (χ0) is 14.2. The maximum absolute atomic E-state index is 12.3. The highest BCUT2D eigenvalue weighted by Gasteiger charge is 2.51. The van der Waals surface area contributed by atoms with Crippen molar-refractivity contribution in [2.45, 2.75) is 39.2 Å². The molecule has 19 heavy (non-hydrogen) atoms. The summed E-state index contributed by atoms with van der Waals surface area (Å²) in [5.74, 6) is -2.32. The third kappa shape index (κ3) is 2.41. The molecular formula is C14H19NO4. The number of fused-ring (bicyclic) bond motifs is 1. The summed E-state index contributed by atoms with van der Waals surface area (Å²) in [5.41, 5.74) is 0. The minimum Gasteiger partial charge on any atom is -0.480 e. The molecule has 2 aliphatic rings. The van der Waals surface area contributed by atoms with E-state index in [2.05, 4.69) is 0 Å². The first-order valence-corrected chi connectivity index (χ1v) is 6.68. The van der Waals surface area contributed by atoms with Gasteiger partial charge in [0.25, 0.3) is 0 Å². The Morgan fingerprint density at radius 1 is 1.26 bits per heavy atom. The average molecular weight is 265 g/mol. The van der Waals surface area contributed by atoms with E-state index < -0.39 is 12.0 Å². The molecule has 0 aromatic heterocycles. The van der Waals surface area contributed by atoms with Crippen molar-refractivity contribution in [1.82, 2.24) is 4.90 Å². The highest BCUT2D eigenvalue weighted by molar-refractivity contribution is 6.07. The van der Waals surface area contributed by atoms with Crippen molar-refractivity contribution in [2.24, 2.45) is 17.8 Å². The van der Waals surface area contributed by atoms with Crippen molar-refractivity contribution in [1.29, 1.82) is 0 Å². The van der Waals surface area contributed by atoms with Crippen LogP contribution in [0.3, 0.4) is 0 Å². The van der Waals surface area contributed by atoms with E-state index in [1.54, 1.807) is 0 Å². The monoisotopic (exact) mass is 265 g/mol. The topological polar surface area (TPSA) is 74.7 Å². The summed E-state index contributed by atoms with van der Waals surface area (Å²) in [6, 6.07) is -1.02. The first-order chi connectivity index (χ1) is 8.93. The lowest BCUT2D eigenvalue weighted by Gasteiger charge is -2.24.